The van der Waals surface area contributed by atoms with E-state index in [-0.39, 0.29) is 0 Å². The van der Waals surface area contributed by atoms with Crippen molar-refractivity contribution in [2.45, 2.75) is 39.4 Å². The van der Waals surface area contributed by atoms with Gasteiger partial charge in [0.1, 0.15) is 0 Å². The predicted molar refractivity (Wildman–Crippen MR) is 72.2 cm³/mol. The van der Waals surface area contributed by atoms with E-state index in [1.807, 2.05) is 23.1 Å². The molecular weight excluding hydrogens is 224 g/mol. The maximum Gasteiger partial charge on any atom is 0.0641 e. The molecule has 0 fully saturated rings. The zero-order valence-corrected chi connectivity index (χ0v) is 11.2. The maximum atomic E-state index is 4.36. The number of hydrogen-bond acceptors (Lipinski definition) is 3. The zero-order valence-electron chi connectivity index (χ0n) is 11.2. The molecule has 2 heterocycles. The van der Waals surface area contributed by atoms with Gasteiger partial charge in [0.15, 0.2) is 0 Å². The summed E-state index contributed by atoms with van der Waals surface area (Å²) in [6, 6.07) is 4.72. The van der Waals surface area contributed by atoms with Gasteiger partial charge in [-0.05, 0) is 38.0 Å². The molecule has 0 saturated carbocycles. The molecule has 2 aromatic heterocycles. The first-order chi connectivity index (χ1) is 8.66. The highest BCUT2D eigenvalue weighted by molar-refractivity contribution is 5.08. The van der Waals surface area contributed by atoms with Crippen molar-refractivity contribution in [2.75, 3.05) is 0 Å². The van der Waals surface area contributed by atoms with E-state index in [0.29, 0.717) is 12.1 Å². The van der Waals surface area contributed by atoms with Crippen molar-refractivity contribution in [2.24, 2.45) is 0 Å². The molecule has 0 unspecified atom stereocenters. The zero-order chi connectivity index (χ0) is 13.0. The second-order valence-electron chi connectivity index (χ2n) is 4.77. The number of aromatic nitrogens is 3. The molecule has 0 saturated heterocycles. The van der Waals surface area contributed by atoms with Crippen molar-refractivity contribution in [3.8, 4) is 0 Å². The normalized spacial score (nSPS) is 14.4. The molecule has 0 aliphatic heterocycles. The molecule has 0 aromatic carbocycles. The van der Waals surface area contributed by atoms with Crippen molar-refractivity contribution in [1.29, 1.82) is 0 Å². The molecule has 4 nitrogen and oxygen atoms in total. The Morgan fingerprint density at radius 2 is 2.17 bits per heavy atom. The van der Waals surface area contributed by atoms with Gasteiger partial charge < -0.3 is 5.32 Å². The van der Waals surface area contributed by atoms with Crippen LogP contribution in [-0.2, 0) is 6.54 Å². The highest BCUT2D eigenvalue weighted by atomic mass is 15.3. The van der Waals surface area contributed by atoms with E-state index in [4.69, 9.17) is 0 Å². The van der Waals surface area contributed by atoms with E-state index < -0.39 is 0 Å². The van der Waals surface area contributed by atoms with Crippen molar-refractivity contribution in [3.63, 3.8) is 0 Å². The molecule has 0 radical (unpaired) electrons. The Hall–Kier alpha value is -1.68. The Morgan fingerprint density at radius 3 is 2.78 bits per heavy atom. The average Bonchev–Trinajstić information content (AvgIpc) is 2.83. The van der Waals surface area contributed by atoms with Crippen LogP contribution in [0.3, 0.4) is 0 Å². The largest absolute Gasteiger partial charge is 0.308 e. The van der Waals surface area contributed by atoms with Crippen LogP contribution in [0, 0.1) is 6.92 Å². The van der Waals surface area contributed by atoms with Crippen LogP contribution in [0.4, 0.5) is 0 Å². The Bertz CT molecular complexity index is 478. The minimum atomic E-state index is 0.329. The van der Waals surface area contributed by atoms with Crippen molar-refractivity contribution in [1.82, 2.24) is 20.1 Å². The van der Waals surface area contributed by atoms with Crippen molar-refractivity contribution in [3.05, 3.63) is 48.0 Å². The van der Waals surface area contributed by atoms with E-state index in [1.54, 1.807) is 6.20 Å². The summed E-state index contributed by atoms with van der Waals surface area (Å²) in [5, 5.41) is 7.86. The molecule has 1 N–H and O–H groups in total. The molecule has 2 rings (SSSR count). The minimum Gasteiger partial charge on any atom is -0.308 e. The molecule has 2 atom stereocenters. The second kappa shape index (κ2) is 5.78. The van der Waals surface area contributed by atoms with E-state index in [2.05, 4.69) is 48.4 Å². The monoisotopic (exact) mass is 244 g/mol. The highest BCUT2D eigenvalue weighted by Gasteiger charge is 2.13. The molecular formula is C14H20N4. The number of pyridine rings is 1. The summed E-state index contributed by atoms with van der Waals surface area (Å²) in [5.41, 5.74) is 2.40. The van der Waals surface area contributed by atoms with Gasteiger partial charge >= 0.3 is 0 Å². The Kier molecular flexibility index (Phi) is 4.10. The lowest BCUT2D eigenvalue weighted by molar-refractivity contribution is 0.365. The van der Waals surface area contributed by atoms with E-state index >= 15 is 0 Å². The molecule has 0 aliphatic carbocycles. The molecule has 18 heavy (non-hydrogen) atoms. The van der Waals surface area contributed by atoms with E-state index in [0.717, 1.165) is 6.54 Å². The van der Waals surface area contributed by atoms with Gasteiger partial charge in [-0.15, -0.1) is 0 Å². The summed E-state index contributed by atoms with van der Waals surface area (Å²) in [5.74, 6) is 0. The van der Waals surface area contributed by atoms with Crippen LogP contribution in [0.25, 0.3) is 0 Å². The van der Waals surface area contributed by atoms with Gasteiger partial charge in [0, 0.05) is 31.2 Å². The summed E-state index contributed by atoms with van der Waals surface area (Å²) >= 11 is 0. The van der Waals surface area contributed by atoms with Gasteiger partial charge in [0.2, 0.25) is 0 Å². The first-order valence-corrected chi connectivity index (χ1v) is 6.30. The number of rotatable bonds is 5. The third-order valence-electron chi connectivity index (χ3n) is 3.22. The maximum absolute atomic E-state index is 4.36. The second-order valence-corrected chi connectivity index (χ2v) is 4.77. The van der Waals surface area contributed by atoms with Crippen LogP contribution in [0.15, 0.2) is 36.9 Å². The SMILES string of the molecule is Cc1cnn([C@@H](C)[C@H](C)NCc2cccnc2)c1. The molecule has 96 valence electrons. The van der Waals surface area contributed by atoms with Crippen LogP contribution in [0.1, 0.15) is 31.0 Å². The first kappa shape index (κ1) is 12.8. The van der Waals surface area contributed by atoms with Gasteiger partial charge in [-0.3, -0.25) is 9.67 Å². The average molecular weight is 244 g/mol. The molecule has 4 heteroatoms. The summed E-state index contributed by atoms with van der Waals surface area (Å²) in [4.78, 5) is 4.11. The fourth-order valence-electron chi connectivity index (χ4n) is 1.84. The topological polar surface area (TPSA) is 42.7 Å². The van der Waals surface area contributed by atoms with Crippen LogP contribution >= 0.6 is 0 Å². The lowest BCUT2D eigenvalue weighted by Crippen LogP contribution is -2.33. The van der Waals surface area contributed by atoms with Crippen molar-refractivity contribution < 1.29 is 0 Å². The Morgan fingerprint density at radius 1 is 1.33 bits per heavy atom. The van der Waals surface area contributed by atoms with E-state index in [1.165, 1.54) is 11.1 Å². The molecule has 0 aliphatic rings. The number of nitrogens with one attached hydrogen (secondary N) is 1. The Balaban J connectivity index is 1.90. The number of nitrogens with zero attached hydrogens (tertiary/aromatic N) is 3. The number of hydrogen-bond donors (Lipinski definition) is 1. The highest BCUT2D eigenvalue weighted by Crippen LogP contribution is 2.11. The molecule has 0 bridgehead atoms. The lowest BCUT2D eigenvalue weighted by atomic mass is 10.1. The quantitative estimate of drug-likeness (QED) is 0.877. The fraction of sp³-hybridized carbons (Fsp3) is 0.429. The van der Waals surface area contributed by atoms with Crippen molar-refractivity contribution >= 4 is 0 Å². The summed E-state index contributed by atoms with van der Waals surface area (Å²) in [7, 11) is 0. The fourth-order valence-corrected chi connectivity index (χ4v) is 1.84. The smallest absolute Gasteiger partial charge is 0.0641 e. The molecule has 0 spiro atoms. The lowest BCUT2D eigenvalue weighted by Gasteiger charge is -2.21. The van der Waals surface area contributed by atoms with Crippen LogP contribution < -0.4 is 5.32 Å². The third kappa shape index (κ3) is 3.17. The van der Waals surface area contributed by atoms with Gasteiger partial charge in [0.25, 0.3) is 0 Å². The van der Waals surface area contributed by atoms with Gasteiger partial charge in [-0.2, -0.15) is 5.10 Å². The predicted octanol–water partition coefficient (Wildman–Crippen LogP) is 2.33. The molecule has 2 aromatic rings. The van der Waals surface area contributed by atoms with Crippen LogP contribution in [-0.4, -0.2) is 20.8 Å². The standard InChI is InChI=1S/C14H20N4/c1-11-7-17-18(10-11)13(3)12(2)16-9-14-5-4-6-15-8-14/h4-8,10,12-13,16H,9H2,1-3H3/t12-,13-/m0/s1. The minimum absolute atomic E-state index is 0.329. The number of aryl methyl sites for hydroxylation is 1. The Labute approximate surface area is 108 Å². The van der Waals surface area contributed by atoms with Gasteiger partial charge in [-0.1, -0.05) is 6.07 Å². The first-order valence-electron chi connectivity index (χ1n) is 6.30. The van der Waals surface area contributed by atoms with Crippen LogP contribution in [0.5, 0.6) is 0 Å². The summed E-state index contributed by atoms with van der Waals surface area (Å²) in [6.07, 6.45) is 7.65. The van der Waals surface area contributed by atoms with Gasteiger partial charge in [-0.25, -0.2) is 0 Å². The third-order valence-corrected chi connectivity index (χ3v) is 3.22. The molecule has 0 amide bonds. The van der Waals surface area contributed by atoms with E-state index in [9.17, 15) is 0 Å². The van der Waals surface area contributed by atoms with Crippen LogP contribution in [0.2, 0.25) is 0 Å². The van der Waals surface area contributed by atoms with Gasteiger partial charge in [0.05, 0.1) is 12.2 Å². The summed E-state index contributed by atoms with van der Waals surface area (Å²) in [6.45, 7) is 7.24. The summed E-state index contributed by atoms with van der Waals surface area (Å²) < 4.78 is 2.01.